The minimum Gasteiger partial charge on any atom is -0.445 e. The Bertz CT molecular complexity index is 332. The van der Waals surface area contributed by atoms with Gasteiger partial charge in [0, 0.05) is 19.5 Å². The Kier molecular flexibility index (Phi) is 4.70. The van der Waals surface area contributed by atoms with Crippen LogP contribution >= 0.6 is 11.8 Å². The number of carbonyl (C=O) groups is 1. The van der Waals surface area contributed by atoms with Crippen molar-refractivity contribution in [3.8, 4) is 0 Å². The summed E-state index contributed by atoms with van der Waals surface area (Å²) in [6.07, 6.45) is 1.99. The van der Waals surface area contributed by atoms with Crippen molar-refractivity contribution in [1.82, 2.24) is 5.01 Å². The Balaban J connectivity index is 2.32. The molecule has 16 heavy (non-hydrogen) atoms. The van der Waals surface area contributed by atoms with E-state index in [9.17, 15) is 14.9 Å². The van der Waals surface area contributed by atoms with Crippen LogP contribution in [-0.4, -0.2) is 35.6 Å². The lowest BCUT2D eigenvalue weighted by Crippen LogP contribution is -2.14. The molecule has 8 nitrogen and oxygen atoms in total. The maximum Gasteiger partial charge on any atom is 0.301 e. The van der Waals surface area contributed by atoms with Gasteiger partial charge in [-0.2, -0.15) is 5.11 Å². The van der Waals surface area contributed by atoms with E-state index < -0.39 is 4.92 Å². The van der Waals surface area contributed by atoms with E-state index in [0.717, 1.165) is 11.8 Å². The van der Waals surface area contributed by atoms with Gasteiger partial charge in [0.25, 0.3) is 6.47 Å². The maximum atomic E-state index is 10.4. The highest BCUT2D eigenvalue weighted by molar-refractivity contribution is 8.03. The summed E-state index contributed by atoms with van der Waals surface area (Å²) >= 11 is 1.05. The standard InChI is InChI=1S/C7H10N4O4S/c1-10(4-15-5-12)9-8-6-2-3-7(16-6)11(13)14/h3,5-6H,2,4H2,1H3. The Morgan fingerprint density at radius 1 is 1.88 bits per heavy atom. The average Bonchev–Trinajstić information content (AvgIpc) is 2.72. The third-order valence-corrected chi connectivity index (χ3v) is 2.71. The van der Waals surface area contributed by atoms with Crippen LogP contribution in [0.1, 0.15) is 6.42 Å². The van der Waals surface area contributed by atoms with E-state index in [1.54, 1.807) is 7.05 Å². The molecule has 0 saturated carbocycles. The molecule has 0 aromatic rings. The second-order valence-electron chi connectivity index (χ2n) is 2.86. The summed E-state index contributed by atoms with van der Waals surface area (Å²) in [6.45, 7) is 0.308. The fourth-order valence-corrected chi connectivity index (χ4v) is 1.77. The minimum atomic E-state index is -0.445. The molecule has 1 rings (SSSR count). The summed E-state index contributed by atoms with van der Waals surface area (Å²) < 4.78 is 4.43. The summed E-state index contributed by atoms with van der Waals surface area (Å²) in [6, 6.07) is 0. The zero-order valence-electron chi connectivity index (χ0n) is 8.48. The quantitative estimate of drug-likeness (QED) is 0.228. The number of nitro groups is 1. The van der Waals surface area contributed by atoms with Gasteiger partial charge in [-0.25, -0.2) is 5.01 Å². The molecular formula is C7H10N4O4S. The molecule has 0 radical (unpaired) electrons. The number of rotatable bonds is 6. The van der Waals surface area contributed by atoms with Crippen LogP contribution in [0.3, 0.4) is 0 Å². The summed E-state index contributed by atoms with van der Waals surface area (Å²) in [5.41, 5.74) is 0. The van der Waals surface area contributed by atoms with Gasteiger partial charge in [-0.15, -0.1) is 0 Å². The van der Waals surface area contributed by atoms with E-state index in [1.807, 2.05) is 0 Å². The molecule has 0 aliphatic carbocycles. The van der Waals surface area contributed by atoms with Crippen LogP contribution in [0.15, 0.2) is 21.4 Å². The van der Waals surface area contributed by atoms with E-state index in [1.165, 1.54) is 11.1 Å². The van der Waals surface area contributed by atoms with Crippen LogP contribution in [0.25, 0.3) is 0 Å². The first-order chi connectivity index (χ1) is 7.63. The molecule has 9 heteroatoms. The Hall–Kier alpha value is -1.64. The number of thioether (sulfide) groups is 1. The zero-order chi connectivity index (χ0) is 12.0. The highest BCUT2D eigenvalue weighted by Gasteiger charge is 2.25. The lowest BCUT2D eigenvalue weighted by molar-refractivity contribution is -0.410. The van der Waals surface area contributed by atoms with Crippen molar-refractivity contribution in [2.75, 3.05) is 13.8 Å². The van der Waals surface area contributed by atoms with E-state index in [0.29, 0.717) is 12.9 Å². The lowest BCUT2D eigenvalue weighted by atomic mass is 10.4. The number of carbonyl (C=O) groups excluding carboxylic acids is 1. The van der Waals surface area contributed by atoms with Gasteiger partial charge < -0.3 is 4.74 Å². The highest BCUT2D eigenvalue weighted by Crippen LogP contribution is 2.33. The van der Waals surface area contributed by atoms with Crippen molar-refractivity contribution in [1.29, 1.82) is 0 Å². The van der Waals surface area contributed by atoms with Gasteiger partial charge >= 0.3 is 5.03 Å². The fourth-order valence-electron chi connectivity index (χ4n) is 0.935. The van der Waals surface area contributed by atoms with Gasteiger partial charge in [0.05, 0.1) is 4.92 Å². The van der Waals surface area contributed by atoms with Crippen LogP contribution in [0, 0.1) is 10.1 Å². The smallest absolute Gasteiger partial charge is 0.301 e. The summed E-state index contributed by atoms with van der Waals surface area (Å²) in [4.78, 5) is 19.8. The summed E-state index contributed by atoms with van der Waals surface area (Å²) in [7, 11) is 1.58. The monoisotopic (exact) mass is 246 g/mol. The number of nitrogens with zero attached hydrogens (tertiary/aromatic N) is 4. The SMILES string of the molecule is CN(COC=O)N=NC1CC=C([N+](=O)[O-])S1. The molecule has 0 fully saturated rings. The molecule has 1 aliphatic rings. The second-order valence-corrected chi connectivity index (χ2v) is 4.06. The molecule has 0 N–H and O–H groups in total. The fraction of sp³-hybridized carbons (Fsp3) is 0.571. The Labute approximate surface area is 95.5 Å². The van der Waals surface area contributed by atoms with Gasteiger partial charge in [0.15, 0.2) is 6.73 Å². The van der Waals surface area contributed by atoms with Gasteiger partial charge in [-0.3, -0.25) is 14.9 Å². The van der Waals surface area contributed by atoms with Crippen molar-refractivity contribution in [3.05, 3.63) is 21.2 Å². The van der Waals surface area contributed by atoms with Crippen molar-refractivity contribution in [2.45, 2.75) is 11.8 Å². The van der Waals surface area contributed by atoms with Crippen molar-refractivity contribution >= 4 is 18.2 Å². The van der Waals surface area contributed by atoms with E-state index in [2.05, 4.69) is 15.1 Å². The van der Waals surface area contributed by atoms with Crippen LogP contribution in [0.4, 0.5) is 0 Å². The number of hydrogen-bond donors (Lipinski definition) is 0. The molecule has 88 valence electrons. The molecule has 1 unspecified atom stereocenters. The maximum absolute atomic E-state index is 10.4. The normalized spacial score (nSPS) is 19.6. The molecule has 0 bridgehead atoms. The Morgan fingerprint density at radius 3 is 3.19 bits per heavy atom. The highest BCUT2D eigenvalue weighted by atomic mass is 32.2. The van der Waals surface area contributed by atoms with E-state index in [-0.39, 0.29) is 17.1 Å². The van der Waals surface area contributed by atoms with Crippen LogP contribution in [0.2, 0.25) is 0 Å². The third-order valence-electron chi connectivity index (χ3n) is 1.59. The molecule has 1 atom stereocenters. The van der Waals surface area contributed by atoms with Gasteiger partial charge in [-0.05, 0) is 11.8 Å². The average molecular weight is 246 g/mol. The first-order valence-electron chi connectivity index (χ1n) is 4.32. The predicted octanol–water partition coefficient (Wildman–Crippen LogP) is 0.997. The number of hydrogen-bond acceptors (Lipinski definition) is 7. The van der Waals surface area contributed by atoms with Gasteiger partial charge in [-0.1, -0.05) is 5.22 Å². The molecule has 0 aromatic carbocycles. The molecule has 1 aliphatic heterocycles. The predicted molar refractivity (Wildman–Crippen MR) is 55.7 cm³/mol. The first kappa shape index (κ1) is 12.4. The van der Waals surface area contributed by atoms with Crippen molar-refractivity contribution in [2.24, 2.45) is 10.3 Å². The lowest BCUT2D eigenvalue weighted by Gasteiger charge is -2.09. The van der Waals surface area contributed by atoms with Crippen LogP contribution < -0.4 is 0 Å². The van der Waals surface area contributed by atoms with Gasteiger partial charge in [0.1, 0.15) is 5.37 Å². The number of ether oxygens (including phenoxy) is 1. The van der Waals surface area contributed by atoms with Crippen molar-refractivity contribution < 1.29 is 14.5 Å². The summed E-state index contributed by atoms with van der Waals surface area (Å²) in [5.74, 6) is 0. The molecule has 0 aromatic heterocycles. The van der Waals surface area contributed by atoms with Crippen LogP contribution in [0.5, 0.6) is 0 Å². The second kappa shape index (κ2) is 6.05. The van der Waals surface area contributed by atoms with E-state index in [4.69, 9.17) is 0 Å². The third kappa shape index (κ3) is 3.85. The summed E-state index contributed by atoms with van der Waals surface area (Å²) in [5, 5.41) is 19.1. The first-order valence-corrected chi connectivity index (χ1v) is 5.20. The zero-order valence-corrected chi connectivity index (χ0v) is 9.29. The molecule has 0 saturated heterocycles. The van der Waals surface area contributed by atoms with Gasteiger partial charge in [0.2, 0.25) is 0 Å². The molecule has 0 spiro atoms. The molecular weight excluding hydrogens is 236 g/mol. The topological polar surface area (TPSA) is 97.4 Å². The Morgan fingerprint density at radius 2 is 2.62 bits per heavy atom. The van der Waals surface area contributed by atoms with Crippen molar-refractivity contribution in [3.63, 3.8) is 0 Å². The molecule has 1 heterocycles. The largest absolute Gasteiger partial charge is 0.445 e. The minimum absolute atomic E-state index is 0.0000908. The molecule has 0 amide bonds. The van der Waals surface area contributed by atoms with Crippen LogP contribution in [-0.2, 0) is 9.53 Å². The van der Waals surface area contributed by atoms with E-state index >= 15 is 0 Å².